The number of nitrogens with zero attached hydrogens (tertiary/aromatic N) is 3. The summed E-state index contributed by atoms with van der Waals surface area (Å²) in [4.78, 5) is 12.2. The van der Waals surface area contributed by atoms with Crippen LogP contribution in [0.3, 0.4) is 0 Å². The average molecular weight is 452 g/mol. The number of aromatic nitrogens is 3. The number of amides is 2. The van der Waals surface area contributed by atoms with Crippen LogP contribution in [0, 0.1) is 0 Å². The van der Waals surface area contributed by atoms with Gasteiger partial charge in [0.25, 0.3) is 0 Å². The van der Waals surface area contributed by atoms with E-state index in [4.69, 9.17) is 25.6 Å². The highest BCUT2D eigenvalue weighted by Crippen LogP contribution is 2.34. The van der Waals surface area contributed by atoms with Crippen molar-refractivity contribution in [2.24, 2.45) is 0 Å². The number of rotatable bonds is 5. The van der Waals surface area contributed by atoms with Crippen molar-refractivity contribution in [3.8, 4) is 28.5 Å². The Morgan fingerprint density at radius 2 is 1.88 bits per heavy atom. The third kappa shape index (κ3) is 4.37. The van der Waals surface area contributed by atoms with Crippen molar-refractivity contribution in [3.63, 3.8) is 0 Å². The molecule has 9 nitrogen and oxygen atoms in total. The molecule has 0 saturated carbocycles. The van der Waals surface area contributed by atoms with E-state index in [-0.39, 0.29) is 12.6 Å². The zero-order chi connectivity index (χ0) is 21.9. The van der Waals surface area contributed by atoms with E-state index in [1.54, 1.807) is 35.3 Å². The van der Waals surface area contributed by atoms with E-state index in [2.05, 4.69) is 20.9 Å². The van der Waals surface area contributed by atoms with Gasteiger partial charge in [0.05, 0.1) is 30.3 Å². The third-order valence-corrected chi connectivity index (χ3v) is 5.00. The Morgan fingerprint density at radius 1 is 1.06 bits per heavy atom. The van der Waals surface area contributed by atoms with Gasteiger partial charge in [0, 0.05) is 16.7 Å². The van der Waals surface area contributed by atoms with E-state index >= 15 is 0 Å². The summed E-state index contributed by atoms with van der Waals surface area (Å²) >= 11 is 5.91. The van der Waals surface area contributed by atoms with E-state index in [9.17, 15) is 4.79 Å². The van der Waals surface area contributed by atoms with Crippen molar-refractivity contribution in [1.29, 1.82) is 0 Å². The molecule has 5 rings (SSSR count). The number of carbonyl (C=O) groups is 1. The maximum Gasteiger partial charge on any atom is 0.319 e. The first-order chi connectivity index (χ1) is 15.6. The highest BCUT2D eigenvalue weighted by molar-refractivity contribution is 6.30. The standard InChI is InChI=1S/C22H18ClN5O4/c23-15-2-4-18(5-3-15)28-13-17(12-25-28)26-22(29)24-11-16-10-20(32-27-16)14-1-6-19-21(9-14)31-8-7-30-19/h1-6,9-10,12-13H,7-8,11H2,(H2,24,26,29). The van der Waals surface area contributed by atoms with E-state index in [1.807, 2.05) is 30.3 Å². The molecule has 1 aliphatic rings. The number of fused-ring (bicyclic) bond motifs is 1. The molecule has 1 aliphatic heterocycles. The molecule has 2 amide bonds. The predicted octanol–water partition coefficient (Wildman–Crippen LogP) is 4.27. The summed E-state index contributed by atoms with van der Waals surface area (Å²) < 4.78 is 18.2. The van der Waals surface area contributed by atoms with Crippen LogP contribution >= 0.6 is 11.6 Å². The van der Waals surface area contributed by atoms with Crippen LogP contribution in [0.15, 0.2) is 65.4 Å². The second-order valence-corrected chi connectivity index (χ2v) is 7.44. The quantitative estimate of drug-likeness (QED) is 0.469. The summed E-state index contributed by atoms with van der Waals surface area (Å²) in [6.07, 6.45) is 3.27. The molecule has 162 valence electrons. The number of carbonyl (C=O) groups excluding carboxylic acids is 1. The zero-order valence-electron chi connectivity index (χ0n) is 16.7. The number of benzene rings is 2. The van der Waals surface area contributed by atoms with Crippen LogP contribution in [0.5, 0.6) is 11.5 Å². The Morgan fingerprint density at radius 3 is 2.72 bits per heavy atom. The van der Waals surface area contributed by atoms with Gasteiger partial charge in [0.2, 0.25) is 0 Å². The highest BCUT2D eigenvalue weighted by atomic mass is 35.5. The van der Waals surface area contributed by atoms with Crippen LogP contribution < -0.4 is 20.1 Å². The Balaban J connectivity index is 1.17. The van der Waals surface area contributed by atoms with E-state index in [0.717, 1.165) is 11.3 Å². The molecule has 2 aromatic heterocycles. The van der Waals surface area contributed by atoms with Crippen molar-refractivity contribution in [2.45, 2.75) is 6.54 Å². The SMILES string of the molecule is O=C(NCc1cc(-c2ccc3c(c2)OCCO3)on1)Nc1cnn(-c2ccc(Cl)cc2)c1. The number of ether oxygens (including phenoxy) is 2. The van der Waals surface area contributed by atoms with Crippen molar-refractivity contribution >= 4 is 23.3 Å². The Hall–Kier alpha value is -3.98. The summed E-state index contributed by atoms with van der Waals surface area (Å²) in [6.45, 7) is 1.25. The normalized spacial score (nSPS) is 12.4. The molecule has 2 N–H and O–H groups in total. The van der Waals surface area contributed by atoms with Gasteiger partial charge in [-0.15, -0.1) is 0 Å². The topological polar surface area (TPSA) is 103 Å². The minimum atomic E-state index is -0.385. The van der Waals surface area contributed by atoms with Crippen LogP contribution in [0.4, 0.5) is 10.5 Å². The van der Waals surface area contributed by atoms with Crippen molar-refractivity contribution < 1.29 is 18.8 Å². The average Bonchev–Trinajstić information content (AvgIpc) is 3.48. The van der Waals surface area contributed by atoms with Crippen LogP contribution in [0.1, 0.15) is 5.69 Å². The maximum absolute atomic E-state index is 12.2. The molecule has 0 aliphatic carbocycles. The summed E-state index contributed by atoms with van der Waals surface area (Å²) in [7, 11) is 0. The van der Waals surface area contributed by atoms with Gasteiger partial charge >= 0.3 is 6.03 Å². The number of hydrogen-bond donors (Lipinski definition) is 2. The van der Waals surface area contributed by atoms with Gasteiger partial charge in [-0.05, 0) is 42.5 Å². The minimum absolute atomic E-state index is 0.200. The van der Waals surface area contributed by atoms with Gasteiger partial charge in [-0.3, -0.25) is 0 Å². The molecule has 32 heavy (non-hydrogen) atoms. The Labute approximate surface area is 187 Å². The molecule has 0 fully saturated rings. The van der Waals surface area contributed by atoms with E-state index < -0.39 is 0 Å². The maximum atomic E-state index is 12.2. The van der Waals surface area contributed by atoms with Crippen LogP contribution in [-0.2, 0) is 6.54 Å². The molecule has 10 heteroatoms. The third-order valence-electron chi connectivity index (χ3n) is 4.75. The molecular weight excluding hydrogens is 434 g/mol. The fourth-order valence-electron chi connectivity index (χ4n) is 3.20. The van der Waals surface area contributed by atoms with Crippen molar-refractivity contribution in [2.75, 3.05) is 18.5 Å². The highest BCUT2D eigenvalue weighted by Gasteiger charge is 2.15. The van der Waals surface area contributed by atoms with Gasteiger partial charge in [-0.2, -0.15) is 5.10 Å². The zero-order valence-corrected chi connectivity index (χ0v) is 17.5. The van der Waals surface area contributed by atoms with E-state index in [1.165, 1.54) is 0 Å². The molecule has 0 unspecified atom stereocenters. The monoisotopic (exact) mass is 451 g/mol. The molecule has 4 aromatic rings. The molecular formula is C22H18ClN5O4. The number of nitrogens with one attached hydrogen (secondary N) is 2. The molecule has 3 heterocycles. The lowest BCUT2D eigenvalue weighted by Crippen LogP contribution is -2.28. The molecule has 0 saturated heterocycles. The summed E-state index contributed by atoms with van der Waals surface area (Å²) in [5.74, 6) is 1.95. The summed E-state index contributed by atoms with van der Waals surface area (Å²) in [6, 6.07) is 14.2. The fourth-order valence-corrected chi connectivity index (χ4v) is 3.32. The van der Waals surface area contributed by atoms with E-state index in [0.29, 0.717) is 46.9 Å². The number of halogens is 1. The number of hydrogen-bond acceptors (Lipinski definition) is 6. The molecule has 0 bridgehead atoms. The number of urea groups is 1. The Bertz CT molecular complexity index is 1250. The lowest BCUT2D eigenvalue weighted by molar-refractivity contribution is 0.171. The van der Waals surface area contributed by atoms with Crippen LogP contribution in [0.2, 0.25) is 5.02 Å². The number of anilines is 1. The first-order valence-corrected chi connectivity index (χ1v) is 10.2. The smallest absolute Gasteiger partial charge is 0.319 e. The van der Waals surface area contributed by atoms with Gasteiger partial charge in [-0.1, -0.05) is 16.8 Å². The van der Waals surface area contributed by atoms with Gasteiger partial charge in [0.15, 0.2) is 17.3 Å². The molecule has 0 atom stereocenters. The largest absolute Gasteiger partial charge is 0.486 e. The second kappa shape index (κ2) is 8.64. The summed E-state index contributed by atoms with van der Waals surface area (Å²) in [5.41, 5.74) is 2.78. The van der Waals surface area contributed by atoms with Crippen LogP contribution in [-0.4, -0.2) is 34.2 Å². The first-order valence-electron chi connectivity index (χ1n) is 9.85. The lowest BCUT2D eigenvalue weighted by Gasteiger charge is -2.18. The second-order valence-electron chi connectivity index (χ2n) is 7.00. The van der Waals surface area contributed by atoms with Crippen molar-refractivity contribution in [1.82, 2.24) is 20.3 Å². The van der Waals surface area contributed by atoms with Gasteiger partial charge in [0.1, 0.15) is 18.9 Å². The van der Waals surface area contributed by atoms with Crippen molar-refractivity contribution in [3.05, 3.63) is 71.6 Å². The predicted molar refractivity (Wildman–Crippen MR) is 117 cm³/mol. The fraction of sp³-hybridized carbons (Fsp3) is 0.136. The van der Waals surface area contributed by atoms with Gasteiger partial charge < -0.3 is 24.6 Å². The summed E-state index contributed by atoms with van der Waals surface area (Å²) in [5, 5.41) is 14.4. The Kier molecular flexibility index (Phi) is 5.39. The lowest BCUT2D eigenvalue weighted by atomic mass is 10.1. The molecule has 0 radical (unpaired) electrons. The minimum Gasteiger partial charge on any atom is -0.486 e. The van der Waals surface area contributed by atoms with Gasteiger partial charge in [-0.25, -0.2) is 9.48 Å². The molecule has 0 spiro atoms. The van der Waals surface area contributed by atoms with Crippen LogP contribution in [0.25, 0.3) is 17.0 Å². The molecule has 2 aromatic carbocycles. The first kappa shape index (κ1) is 20.0.